The zero-order chi connectivity index (χ0) is 16.4. The third-order valence-corrected chi connectivity index (χ3v) is 5.21. The molecule has 2 rings (SSSR count). The standard InChI is InChI=1S/C12H15N3O6S.ClH/c1-15(6-7-21-12(15)18)22(19,20)14-10-5-3-2-4-9(10)8-13-11(16)17;/h2-5,13-14H,6-8H2,1H3;1H. The molecule has 1 fully saturated rings. The van der Waals surface area contributed by atoms with Crippen molar-refractivity contribution < 1.29 is 31.7 Å². The molecule has 0 aromatic heterocycles. The smallest absolute Gasteiger partial charge is 0.530 e. The van der Waals surface area contributed by atoms with Gasteiger partial charge in [-0.05, 0) is 11.6 Å². The second-order valence-electron chi connectivity index (χ2n) is 4.81. The van der Waals surface area contributed by atoms with Crippen molar-refractivity contribution in [2.75, 3.05) is 24.9 Å². The Morgan fingerprint density at radius 3 is 2.61 bits per heavy atom. The SMILES string of the molecule is C[N+]1(S(=O)(=O)Nc2ccccc2CNC(=O)[O-])CCOC1=O.Cl. The first-order valence-electron chi connectivity index (χ1n) is 6.35. The molecule has 2 N–H and O–H groups in total. The fourth-order valence-electron chi connectivity index (χ4n) is 1.93. The maximum absolute atomic E-state index is 12.4. The fourth-order valence-corrected chi connectivity index (χ4v) is 3.18. The van der Waals surface area contributed by atoms with Gasteiger partial charge in [0.2, 0.25) is 0 Å². The molecule has 11 heteroatoms. The summed E-state index contributed by atoms with van der Waals surface area (Å²) in [5, 5.41) is 12.5. The molecule has 9 nitrogen and oxygen atoms in total. The third-order valence-electron chi connectivity index (χ3n) is 3.34. The molecule has 1 aromatic rings. The number of amides is 2. The first-order chi connectivity index (χ1) is 10.3. The maximum atomic E-state index is 12.4. The predicted octanol–water partition coefficient (Wildman–Crippen LogP) is -0.205. The summed E-state index contributed by atoms with van der Waals surface area (Å²) in [7, 11) is -2.86. The number of likely N-dealkylation sites (N-methyl/N-ethyl adjacent to an activating group) is 1. The predicted molar refractivity (Wildman–Crippen MR) is 80.9 cm³/mol. The van der Waals surface area contributed by atoms with Crippen LogP contribution in [0.5, 0.6) is 0 Å². The van der Waals surface area contributed by atoms with Crippen LogP contribution in [-0.2, 0) is 21.5 Å². The summed E-state index contributed by atoms with van der Waals surface area (Å²) in [6.45, 7) is -0.118. The quantitative estimate of drug-likeness (QED) is 0.696. The Bertz CT molecular complexity index is 711. The first-order valence-corrected chi connectivity index (χ1v) is 7.79. The summed E-state index contributed by atoms with van der Waals surface area (Å²) in [6.07, 6.45) is -2.34. The first kappa shape index (κ1) is 19.0. The number of nitrogens with zero attached hydrogens (tertiary/aromatic N) is 1. The number of nitrogens with one attached hydrogen (secondary N) is 2. The van der Waals surface area contributed by atoms with Crippen molar-refractivity contribution in [3.05, 3.63) is 29.8 Å². The van der Waals surface area contributed by atoms with Crippen LogP contribution in [0.2, 0.25) is 0 Å². The van der Waals surface area contributed by atoms with E-state index in [1.165, 1.54) is 13.1 Å². The van der Waals surface area contributed by atoms with E-state index in [1.807, 2.05) is 5.32 Å². The van der Waals surface area contributed by atoms with Crippen molar-refractivity contribution in [2.45, 2.75) is 6.54 Å². The van der Waals surface area contributed by atoms with Gasteiger partial charge >= 0.3 is 16.3 Å². The Hall–Kier alpha value is -2.04. The second-order valence-corrected chi connectivity index (χ2v) is 6.77. The molecule has 23 heavy (non-hydrogen) atoms. The highest BCUT2D eigenvalue weighted by Crippen LogP contribution is 2.24. The molecule has 0 bridgehead atoms. The summed E-state index contributed by atoms with van der Waals surface area (Å²) in [6, 6.07) is 6.24. The zero-order valence-corrected chi connectivity index (χ0v) is 13.8. The van der Waals surface area contributed by atoms with E-state index in [-0.39, 0.29) is 37.8 Å². The van der Waals surface area contributed by atoms with Gasteiger partial charge in [-0.1, -0.05) is 18.2 Å². The van der Waals surface area contributed by atoms with Crippen molar-refractivity contribution in [1.29, 1.82) is 0 Å². The molecule has 1 heterocycles. The number of rotatable bonds is 5. The minimum absolute atomic E-state index is 0. The molecular weight excluding hydrogens is 350 g/mol. The number of carbonyl (C=O) groups excluding carboxylic acids is 2. The molecular formula is C12H16ClN3O6S. The van der Waals surface area contributed by atoms with Gasteiger partial charge in [0.05, 0.1) is 12.7 Å². The summed E-state index contributed by atoms with van der Waals surface area (Å²) in [5.74, 6) is 0. The van der Waals surface area contributed by atoms with E-state index in [2.05, 4.69) is 4.72 Å². The minimum Gasteiger partial charge on any atom is -0.530 e. The normalized spacial score (nSPS) is 20.3. The highest BCUT2D eigenvalue weighted by Gasteiger charge is 2.51. The maximum Gasteiger partial charge on any atom is 0.533 e. The topological polar surface area (TPSA) is 125 Å². The Morgan fingerprint density at radius 1 is 1.39 bits per heavy atom. The average Bonchev–Trinajstić information content (AvgIpc) is 2.79. The lowest BCUT2D eigenvalue weighted by Gasteiger charge is -2.23. The van der Waals surface area contributed by atoms with Gasteiger partial charge in [0.25, 0.3) is 0 Å². The lowest BCUT2D eigenvalue weighted by molar-refractivity contribution is -0.687. The molecule has 2 amide bonds. The highest BCUT2D eigenvalue weighted by atomic mass is 35.5. The highest BCUT2D eigenvalue weighted by molar-refractivity contribution is 7.87. The van der Waals surface area contributed by atoms with Gasteiger partial charge < -0.3 is 20.0 Å². The number of benzene rings is 1. The number of carbonyl (C=O) groups is 2. The van der Waals surface area contributed by atoms with Crippen LogP contribution in [0.15, 0.2) is 24.3 Å². The number of carboxylic acid groups (broad SMARTS) is 1. The number of ether oxygens (including phenoxy) is 1. The van der Waals surface area contributed by atoms with Gasteiger partial charge in [-0.15, -0.1) is 16.3 Å². The van der Waals surface area contributed by atoms with E-state index in [0.29, 0.717) is 5.56 Å². The van der Waals surface area contributed by atoms with Gasteiger partial charge in [0.1, 0.15) is 19.2 Å². The van der Waals surface area contributed by atoms with Crippen LogP contribution in [-0.4, -0.2) is 44.7 Å². The Kier molecular flexibility index (Phi) is 5.81. The van der Waals surface area contributed by atoms with Crippen molar-refractivity contribution >= 4 is 40.5 Å². The summed E-state index contributed by atoms with van der Waals surface area (Å²) < 4.78 is 31.0. The van der Waals surface area contributed by atoms with Gasteiger partial charge in [-0.3, -0.25) is 0 Å². The van der Waals surface area contributed by atoms with Crippen molar-refractivity contribution in [3.8, 4) is 0 Å². The van der Waals surface area contributed by atoms with E-state index in [0.717, 1.165) is 0 Å². The molecule has 1 atom stereocenters. The minimum atomic E-state index is -4.10. The van der Waals surface area contributed by atoms with E-state index in [9.17, 15) is 23.1 Å². The van der Waals surface area contributed by atoms with Crippen LogP contribution in [0, 0.1) is 0 Å². The molecule has 0 radical (unpaired) electrons. The van der Waals surface area contributed by atoms with Crippen LogP contribution in [0.3, 0.4) is 0 Å². The lowest BCUT2D eigenvalue weighted by Crippen LogP contribution is -2.52. The summed E-state index contributed by atoms with van der Waals surface area (Å²) in [4.78, 5) is 22.1. The second kappa shape index (κ2) is 7.02. The molecule has 0 saturated carbocycles. The molecule has 1 aliphatic heterocycles. The van der Waals surface area contributed by atoms with Crippen LogP contribution < -0.4 is 15.1 Å². The monoisotopic (exact) mass is 365 g/mol. The van der Waals surface area contributed by atoms with Crippen molar-refractivity contribution in [3.63, 3.8) is 0 Å². The Morgan fingerprint density at radius 2 is 2.04 bits per heavy atom. The molecule has 1 saturated heterocycles. The Balaban J connectivity index is 0.00000264. The van der Waals surface area contributed by atoms with E-state index < -0.39 is 26.3 Å². The van der Waals surface area contributed by atoms with Gasteiger partial charge in [-0.2, -0.15) is 13.2 Å². The average molecular weight is 366 g/mol. The van der Waals surface area contributed by atoms with Crippen molar-refractivity contribution in [2.24, 2.45) is 0 Å². The van der Waals surface area contributed by atoms with Gasteiger partial charge in [0.15, 0.2) is 0 Å². The van der Waals surface area contributed by atoms with Gasteiger partial charge in [0, 0.05) is 6.54 Å². The molecule has 1 unspecified atom stereocenters. The van der Waals surface area contributed by atoms with Crippen LogP contribution in [0.4, 0.5) is 15.3 Å². The summed E-state index contributed by atoms with van der Waals surface area (Å²) >= 11 is 0. The number of anilines is 1. The number of cyclic esters (lactones) is 1. The Labute approximate surface area is 139 Å². The molecule has 0 aliphatic carbocycles. The molecule has 128 valence electrons. The van der Waals surface area contributed by atoms with E-state index in [1.54, 1.807) is 18.2 Å². The molecule has 0 spiro atoms. The molecule has 1 aliphatic rings. The van der Waals surface area contributed by atoms with Gasteiger partial charge in [-0.25, -0.2) is 4.72 Å². The lowest BCUT2D eigenvalue weighted by atomic mass is 10.2. The number of halogens is 1. The zero-order valence-electron chi connectivity index (χ0n) is 12.1. The fraction of sp³-hybridized carbons (Fsp3) is 0.333. The van der Waals surface area contributed by atoms with Crippen molar-refractivity contribution in [1.82, 2.24) is 5.32 Å². The molecule has 1 aromatic carbocycles. The third kappa shape index (κ3) is 3.84. The number of hydrogen-bond acceptors (Lipinski definition) is 6. The largest absolute Gasteiger partial charge is 0.533 e. The van der Waals surface area contributed by atoms with E-state index >= 15 is 0 Å². The number of quaternary nitrogens is 1. The summed E-state index contributed by atoms with van der Waals surface area (Å²) in [5.41, 5.74) is 0.574. The number of para-hydroxylation sites is 1. The van der Waals surface area contributed by atoms with Crippen LogP contribution in [0.1, 0.15) is 5.56 Å². The van der Waals surface area contributed by atoms with Crippen LogP contribution in [0.25, 0.3) is 0 Å². The van der Waals surface area contributed by atoms with Crippen LogP contribution >= 0.6 is 12.4 Å². The number of hydrogen-bond donors (Lipinski definition) is 2. The van der Waals surface area contributed by atoms with E-state index in [4.69, 9.17) is 4.74 Å².